The van der Waals surface area contributed by atoms with E-state index in [9.17, 15) is 4.79 Å². The SMILES string of the molecule is Nc1c(C(=O)N2CCC(CO)C2)sc2ccccc12. The molecule has 0 bridgehead atoms. The Hall–Kier alpha value is -1.59. The lowest BCUT2D eigenvalue weighted by atomic mass is 10.1. The van der Waals surface area contributed by atoms with Crippen LogP contribution >= 0.6 is 11.3 Å². The molecule has 19 heavy (non-hydrogen) atoms. The fraction of sp³-hybridized carbons (Fsp3) is 0.357. The average molecular weight is 276 g/mol. The molecule has 1 atom stereocenters. The maximum absolute atomic E-state index is 12.5. The molecular weight excluding hydrogens is 260 g/mol. The van der Waals surface area contributed by atoms with E-state index in [1.807, 2.05) is 24.3 Å². The maximum atomic E-state index is 12.5. The van der Waals surface area contributed by atoms with Crippen LogP contribution in [0.25, 0.3) is 10.1 Å². The maximum Gasteiger partial charge on any atom is 0.266 e. The van der Waals surface area contributed by atoms with Crippen molar-refractivity contribution in [2.45, 2.75) is 6.42 Å². The summed E-state index contributed by atoms with van der Waals surface area (Å²) in [5, 5.41) is 10.1. The molecule has 1 amide bonds. The first-order valence-electron chi connectivity index (χ1n) is 6.38. The molecule has 2 aromatic rings. The number of aliphatic hydroxyl groups is 1. The van der Waals surface area contributed by atoms with E-state index in [1.165, 1.54) is 11.3 Å². The molecule has 0 saturated carbocycles. The van der Waals surface area contributed by atoms with Crippen molar-refractivity contribution in [1.29, 1.82) is 0 Å². The number of nitrogen functional groups attached to an aromatic ring is 1. The van der Waals surface area contributed by atoms with Gasteiger partial charge in [0, 0.05) is 35.7 Å². The Morgan fingerprint density at radius 2 is 2.26 bits per heavy atom. The number of carbonyl (C=O) groups excluding carboxylic acids is 1. The second-order valence-corrected chi connectivity index (χ2v) is 5.98. The molecule has 2 heterocycles. The molecule has 0 spiro atoms. The first-order valence-corrected chi connectivity index (χ1v) is 7.19. The number of nitrogens with two attached hydrogens (primary N) is 1. The number of hydrogen-bond acceptors (Lipinski definition) is 4. The van der Waals surface area contributed by atoms with E-state index >= 15 is 0 Å². The first-order chi connectivity index (χ1) is 9.20. The standard InChI is InChI=1S/C14H16N2O2S/c15-12-10-3-1-2-4-11(10)19-13(12)14(18)16-6-5-9(7-16)8-17/h1-4,9,17H,5-8,15H2. The summed E-state index contributed by atoms with van der Waals surface area (Å²) in [7, 11) is 0. The van der Waals surface area contributed by atoms with Gasteiger partial charge in [0.15, 0.2) is 0 Å². The van der Waals surface area contributed by atoms with Gasteiger partial charge in [0.25, 0.3) is 5.91 Å². The van der Waals surface area contributed by atoms with Crippen LogP contribution in [0, 0.1) is 5.92 Å². The second kappa shape index (κ2) is 4.83. The van der Waals surface area contributed by atoms with E-state index in [-0.39, 0.29) is 18.4 Å². The lowest BCUT2D eigenvalue weighted by Gasteiger charge is -2.15. The van der Waals surface area contributed by atoms with Gasteiger partial charge in [-0.25, -0.2) is 0 Å². The van der Waals surface area contributed by atoms with Crippen LogP contribution in [0.2, 0.25) is 0 Å². The Morgan fingerprint density at radius 1 is 1.47 bits per heavy atom. The van der Waals surface area contributed by atoms with Gasteiger partial charge in [0.2, 0.25) is 0 Å². The van der Waals surface area contributed by atoms with E-state index < -0.39 is 0 Å². The van der Waals surface area contributed by atoms with Gasteiger partial charge < -0.3 is 15.7 Å². The summed E-state index contributed by atoms with van der Waals surface area (Å²) >= 11 is 1.45. The van der Waals surface area contributed by atoms with E-state index in [1.54, 1.807) is 4.90 Å². The molecule has 0 radical (unpaired) electrons. The predicted octanol–water partition coefficient (Wildman–Crippen LogP) is 1.94. The minimum absolute atomic E-state index is 0.00495. The number of fused-ring (bicyclic) bond motifs is 1. The van der Waals surface area contributed by atoms with Gasteiger partial charge in [0.1, 0.15) is 4.88 Å². The minimum Gasteiger partial charge on any atom is -0.397 e. The van der Waals surface area contributed by atoms with Crippen LogP contribution in [0.5, 0.6) is 0 Å². The summed E-state index contributed by atoms with van der Waals surface area (Å²) in [6.45, 7) is 1.48. The molecule has 1 aromatic heterocycles. The molecule has 1 aromatic carbocycles. The molecule has 1 fully saturated rings. The third-order valence-corrected chi connectivity index (χ3v) is 4.83. The van der Waals surface area contributed by atoms with Gasteiger partial charge >= 0.3 is 0 Å². The molecule has 0 aliphatic carbocycles. The van der Waals surface area contributed by atoms with E-state index in [0.29, 0.717) is 23.7 Å². The zero-order valence-corrected chi connectivity index (χ0v) is 11.3. The number of nitrogens with zero attached hydrogens (tertiary/aromatic N) is 1. The third-order valence-electron chi connectivity index (χ3n) is 3.66. The van der Waals surface area contributed by atoms with Crippen LogP contribution in [-0.2, 0) is 0 Å². The van der Waals surface area contributed by atoms with Crippen LogP contribution < -0.4 is 5.73 Å². The molecule has 5 heteroatoms. The smallest absolute Gasteiger partial charge is 0.266 e. The summed E-state index contributed by atoms with van der Waals surface area (Å²) in [6, 6.07) is 7.80. The van der Waals surface area contributed by atoms with Crippen molar-refractivity contribution >= 4 is 33.0 Å². The lowest BCUT2D eigenvalue weighted by Crippen LogP contribution is -2.29. The van der Waals surface area contributed by atoms with E-state index in [0.717, 1.165) is 16.5 Å². The summed E-state index contributed by atoms with van der Waals surface area (Å²) in [6.07, 6.45) is 0.868. The Kier molecular flexibility index (Phi) is 3.16. The first kappa shape index (κ1) is 12.4. The number of thiophene rings is 1. The highest BCUT2D eigenvalue weighted by Crippen LogP contribution is 2.35. The Bertz CT molecular complexity index is 623. The van der Waals surface area contributed by atoms with Gasteiger partial charge in [-0.1, -0.05) is 18.2 Å². The molecule has 100 valence electrons. The molecule has 1 saturated heterocycles. The number of benzene rings is 1. The van der Waals surface area contributed by atoms with Crippen molar-refractivity contribution in [3.63, 3.8) is 0 Å². The van der Waals surface area contributed by atoms with E-state index in [2.05, 4.69) is 0 Å². The molecular formula is C14H16N2O2S. The summed E-state index contributed by atoms with van der Waals surface area (Å²) in [4.78, 5) is 14.9. The Balaban J connectivity index is 1.92. The van der Waals surface area contributed by atoms with Crippen molar-refractivity contribution in [3.8, 4) is 0 Å². The monoisotopic (exact) mass is 276 g/mol. The Morgan fingerprint density at radius 3 is 2.95 bits per heavy atom. The summed E-state index contributed by atoms with van der Waals surface area (Å²) < 4.78 is 1.04. The minimum atomic E-state index is -0.00495. The lowest BCUT2D eigenvalue weighted by molar-refractivity contribution is 0.0787. The van der Waals surface area contributed by atoms with Crippen molar-refractivity contribution in [1.82, 2.24) is 4.90 Å². The van der Waals surface area contributed by atoms with Crippen molar-refractivity contribution < 1.29 is 9.90 Å². The third kappa shape index (κ3) is 2.09. The Labute approximate surface area is 115 Å². The van der Waals surface area contributed by atoms with Crippen LogP contribution in [0.1, 0.15) is 16.1 Å². The number of hydrogen-bond donors (Lipinski definition) is 2. The van der Waals surface area contributed by atoms with E-state index in [4.69, 9.17) is 10.8 Å². The summed E-state index contributed by atoms with van der Waals surface area (Å²) in [5.41, 5.74) is 6.67. The van der Waals surface area contributed by atoms with Gasteiger partial charge in [0.05, 0.1) is 5.69 Å². The van der Waals surface area contributed by atoms with Crippen molar-refractivity contribution in [2.24, 2.45) is 5.92 Å². The number of anilines is 1. The van der Waals surface area contributed by atoms with Crippen LogP contribution in [0.3, 0.4) is 0 Å². The second-order valence-electron chi connectivity index (χ2n) is 4.93. The summed E-state index contributed by atoms with van der Waals surface area (Å²) in [5.74, 6) is 0.203. The molecule has 3 rings (SSSR count). The normalized spacial score (nSPS) is 19.2. The molecule has 1 aliphatic rings. The molecule has 4 nitrogen and oxygen atoms in total. The van der Waals surface area contributed by atoms with Gasteiger partial charge in [-0.3, -0.25) is 4.79 Å². The van der Waals surface area contributed by atoms with Crippen molar-refractivity contribution in [2.75, 3.05) is 25.4 Å². The number of carbonyl (C=O) groups is 1. The predicted molar refractivity (Wildman–Crippen MR) is 77.3 cm³/mol. The van der Waals surface area contributed by atoms with Gasteiger partial charge in [-0.05, 0) is 12.5 Å². The topological polar surface area (TPSA) is 66.6 Å². The number of likely N-dealkylation sites (tertiary alicyclic amines) is 1. The van der Waals surface area contributed by atoms with Crippen LogP contribution in [-0.4, -0.2) is 35.6 Å². The molecule has 3 N–H and O–H groups in total. The fourth-order valence-electron chi connectivity index (χ4n) is 2.53. The zero-order chi connectivity index (χ0) is 13.4. The highest BCUT2D eigenvalue weighted by atomic mass is 32.1. The van der Waals surface area contributed by atoms with Gasteiger partial charge in [-0.2, -0.15) is 0 Å². The van der Waals surface area contributed by atoms with Gasteiger partial charge in [-0.15, -0.1) is 11.3 Å². The molecule has 1 unspecified atom stereocenters. The quantitative estimate of drug-likeness (QED) is 0.881. The largest absolute Gasteiger partial charge is 0.397 e. The number of rotatable bonds is 2. The highest BCUT2D eigenvalue weighted by Gasteiger charge is 2.28. The fourth-order valence-corrected chi connectivity index (χ4v) is 3.62. The number of aliphatic hydroxyl groups excluding tert-OH is 1. The average Bonchev–Trinajstić information content (AvgIpc) is 3.04. The van der Waals surface area contributed by atoms with Crippen LogP contribution in [0.15, 0.2) is 24.3 Å². The number of amides is 1. The zero-order valence-electron chi connectivity index (χ0n) is 10.5. The molecule has 1 aliphatic heterocycles. The highest BCUT2D eigenvalue weighted by molar-refractivity contribution is 7.21. The van der Waals surface area contributed by atoms with Crippen LogP contribution in [0.4, 0.5) is 5.69 Å². The van der Waals surface area contributed by atoms with Crippen molar-refractivity contribution in [3.05, 3.63) is 29.1 Å².